The number of benzene rings is 1. The van der Waals surface area contributed by atoms with Gasteiger partial charge in [0.15, 0.2) is 0 Å². The highest BCUT2D eigenvalue weighted by atomic mass is 19.4. The predicted octanol–water partition coefficient (Wildman–Crippen LogP) is 4.35. The van der Waals surface area contributed by atoms with Crippen molar-refractivity contribution in [2.24, 2.45) is 5.92 Å². The van der Waals surface area contributed by atoms with Crippen LogP contribution in [-0.4, -0.2) is 65.4 Å². The molecule has 2 aromatic heterocycles. The molecule has 0 atom stereocenters. The van der Waals surface area contributed by atoms with Crippen LogP contribution in [0.15, 0.2) is 36.7 Å². The predicted molar refractivity (Wildman–Crippen MR) is 134 cm³/mol. The second-order valence-corrected chi connectivity index (χ2v) is 9.80. The van der Waals surface area contributed by atoms with Crippen molar-refractivity contribution in [1.29, 1.82) is 0 Å². The van der Waals surface area contributed by atoms with E-state index < -0.39 is 23.3 Å². The number of nitrogens with zero attached hydrogens (tertiary/aromatic N) is 4. The average molecular weight is 517 g/mol. The van der Waals surface area contributed by atoms with Crippen LogP contribution in [0.1, 0.15) is 47.8 Å². The number of rotatable bonds is 6. The van der Waals surface area contributed by atoms with Crippen molar-refractivity contribution in [1.82, 2.24) is 25.0 Å². The second-order valence-electron chi connectivity index (χ2n) is 9.80. The molecule has 0 saturated carbocycles. The Balaban J connectivity index is 1.30. The van der Waals surface area contributed by atoms with Gasteiger partial charge in [-0.2, -0.15) is 18.3 Å². The zero-order chi connectivity index (χ0) is 26.0. The van der Waals surface area contributed by atoms with E-state index in [4.69, 9.17) is 9.84 Å². The van der Waals surface area contributed by atoms with Crippen molar-refractivity contribution < 1.29 is 22.7 Å². The van der Waals surface area contributed by atoms with Gasteiger partial charge in [0, 0.05) is 43.5 Å². The molecule has 2 aliphatic heterocycles. The minimum Gasteiger partial charge on any atom is -0.494 e. The molecule has 2 fully saturated rings. The van der Waals surface area contributed by atoms with Gasteiger partial charge in [0.25, 0.3) is 5.91 Å². The fourth-order valence-electron chi connectivity index (χ4n) is 5.32. The van der Waals surface area contributed by atoms with Crippen LogP contribution in [0.4, 0.5) is 18.9 Å². The summed E-state index contributed by atoms with van der Waals surface area (Å²) < 4.78 is 47.5. The third-order valence-corrected chi connectivity index (χ3v) is 7.33. The Morgan fingerprint density at radius 2 is 1.95 bits per heavy atom. The number of amides is 1. The molecule has 0 unspecified atom stereocenters. The van der Waals surface area contributed by atoms with Gasteiger partial charge in [-0.25, -0.2) is 0 Å². The van der Waals surface area contributed by atoms with Crippen molar-refractivity contribution in [3.63, 3.8) is 0 Å². The number of alkyl halides is 3. The summed E-state index contributed by atoms with van der Waals surface area (Å²) in [5.74, 6) is 0.121. The van der Waals surface area contributed by atoms with Gasteiger partial charge in [-0.15, -0.1) is 0 Å². The number of aromatic nitrogens is 3. The van der Waals surface area contributed by atoms with Crippen molar-refractivity contribution >= 4 is 22.5 Å². The molecule has 2 saturated heterocycles. The molecule has 0 bridgehead atoms. The van der Waals surface area contributed by atoms with E-state index in [1.165, 1.54) is 20.0 Å². The molecule has 0 aliphatic carbocycles. The highest BCUT2D eigenvalue weighted by Gasteiger charge is 2.36. The number of nitrogens with one attached hydrogen (secondary N) is 2. The molecule has 0 radical (unpaired) electrons. The summed E-state index contributed by atoms with van der Waals surface area (Å²) in [6, 6.07) is 5.63. The van der Waals surface area contributed by atoms with Crippen LogP contribution in [0.25, 0.3) is 10.9 Å². The fraction of sp³-hybridized carbons (Fsp3) is 0.500. The van der Waals surface area contributed by atoms with Crippen LogP contribution in [0.3, 0.4) is 0 Å². The van der Waals surface area contributed by atoms with E-state index in [-0.39, 0.29) is 11.7 Å². The van der Waals surface area contributed by atoms with Crippen LogP contribution >= 0.6 is 0 Å². The van der Waals surface area contributed by atoms with Crippen molar-refractivity contribution in [3.05, 3.63) is 47.9 Å². The lowest BCUT2D eigenvalue weighted by atomic mass is 9.96. The number of fused-ring (bicyclic) bond motifs is 1. The molecule has 11 heteroatoms. The summed E-state index contributed by atoms with van der Waals surface area (Å²) >= 11 is 0. The molecule has 3 aromatic rings. The van der Waals surface area contributed by atoms with E-state index in [0.29, 0.717) is 11.3 Å². The van der Waals surface area contributed by atoms with Crippen LogP contribution in [-0.2, 0) is 6.18 Å². The zero-order valence-corrected chi connectivity index (χ0v) is 20.7. The van der Waals surface area contributed by atoms with Gasteiger partial charge in [0.2, 0.25) is 0 Å². The monoisotopic (exact) mass is 516 g/mol. The van der Waals surface area contributed by atoms with Gasteiger partial charge in [-0.1, -0.05) is 0 Å². The van der Waals surface area contributed by atoms with Gasteiger partial charge in [-0.3, -0.25) is 14.5 Å². The molecule has 1 aromatic carbocycles. The van der Waals surface area contributed by atoms with E-state index in [0.717, 1.165) is 75.2 Å². The van der Waals surface area contributed by atoms with E-state index in [1.54, 1.807) is 12.1 Å². The number of hydrogen-bond acceptors (Lipinski definition) is 6. The maximum absolute atomic E-state index is 13.4. The molecular weight excluding hydrogens is 485 g/mol. The van der Waals surface area contributed by atoms with Crippen LogP contribution < -0.4 is 15.4 Å². The Morgan fingerprint density at radius 1 is 1.19 bits per heavy atom. The van der Waals surface area contributed by atoms with Gasteiger partial charge in [0.05, 0.1) is 29.9 Å². The summed E-state index contributed by atoms with van der Waals surface area (Å²) in [7, 11) is 1.44. The summed E-state index contributed by atoms with van der Waals surface area (Å²) in [6.45, 7) is 5.43. The minimum atomic E-state index is -4.70. The first-order valence-corrected chi connectivity index (χ1v) is 12.7. The Bertz CT molecular complexity index is 1250. The number of pyridine rings is 1. The normalized spacial score (nSPS) is 18.3. The first-order valence-electron chi connectivity index (χ1n) is 12.7. The van der Waals surface area contributed by atoms with Gasteiger partial charge >= 0.3 is 6.18 Å². The quantitative estimate of drug-likeness (QED) is 0.507. The number of likely N-dealkylation sites (tertiary alicyclic amines) is 1. The molecule has 0 spiro atoms. The number of methoxy groups -OCH3 is 1. The van der Waals surface area contributed by atoms with Crippen LogP contribution in [0, 0.1) is 5.92 Å². The molecule has 2 N–H and O–H groups in total. The molecule has 5 rings (SSSR count). The molecule has 198 valence electrons. The standard InChI is InChI=1S/C26H31F3N6O2/c1-37-23-14-21-18(13-22(23)32-25(36)24-20(26(27,28)29)3-2-8-31-24)16-35(33-21)19-6-11-34(12-7-19)15-17-4-9-30-10-5-17/h2-3,8,13-14,16-17,19,30H,4-7,9-12,15H2,1H3,(H,32,36). The Labute approximate surface area is 213 Å². The molecule has 8 nitrogen and oxygen atoms in total. The summed E-state index contributed by atoms with van der Waals surface area (Å²) in [5.41, 5.74) is -0.827. The molecule has 37 heavy (non-hydrogen) atoms. The molecule has 1 amide bonds. The Hall–Kier alpha value is -3.18. The third kappa shape index (κ3) is 5.72. The third-order valence-electron chi connectivity index (χ3n) is 7.33. The highest BCUT2D eigenvalue weighted by Crippen LogP contribution is 2.34. The largest absolute Gasteiger partial charge is 0.494 e. The Morgan fingerprint density at radius 3 is 2.65 bits per heavy atom. The highest BCUT2D eigenvalue weighted by molar-refractivity contribution is 6.06. The maximum atomic E-state index is 13.4. The molecule has 2 aliphatic rings. The van der Waals surface area contributed by atoms with E-state index >= 15 is 0 Å². The number of ether oxygens (including phenoxy) is 1. The van der Waals surface area contributed by atoms with E-state index in [1.807, 2.05) is 10.9 Å². The number of piperidine rings is 2. The number of carbonyl (C=O) groups excluding carboxylic acids is 1. The molecule has 4 heterocycles. The van der Waals surface area contributed by atoms with Crippen molar-refractivity contribution in [2.75, 3.05) is 45.2 Å². The maximum Gasteiger partial charge on any atom is 0.418 e. The lowest BCUT2D eigenvalue weighted by molar-refractivity contribution is -0.138. The van der Waals surface area contributed by atoms with Gasteiger partial charge < -0.3 is 20.3 Å². The van der Waals surface area contributed by atoms with Crippen LogP contribution in [0.2, 0.25) is 0 Å². The number of hydrogen-bond donors (Lipinski definition) is 2. The van der Waals surface area contributed by atoms with Crippen molar-refractivity contribution in [3.8, 4) is 5.75 Å². The number of halogens is 3. The second kappa shape index (κ2) is 10.7. The summed E-state index contributed by atoms with van der Waals surface area (Å²) in [4.78, 5) is 19.0. The minimum absolute atomic E-state index is 0.259. The van der Waals surface area contributed by atoms with E-state index in [2.05, 4.69) is 20.5 Å². The first-order chi connectivity index (χ1) is 17.8. The topological polar surface area (TPSA) is 84.3 Å². The Kier molecular flexibility index (Phi) is 7.34. The average Bonchev–Trinajstić information content (AvgIpc) is 3.31. The molecular formula is C26H31F3N6O2. The number of carbonyl (C=O) groups is 1. The van der Waals surface area contributed by atoms with E-state index in [9.17, 15) is 18.0 Å². The first kappa shape index (κ1) is 25.5. The van der Waals surface area contributed by atoms with Gasteiger partial charge in [-0.05, 0) is 62.9 Å². The zero-order valence-electron chi connectivity index (χ0n) is 20.7. The van der Waals surface area contributed by atoms with Crippen LogP contribution in [0.5, 0.6) is 5.75 Å². The van der Waals surface area contributed by atoms with Crippen molar-refractivity contribution in [2.45, 2.75) is 37.9 Å². The number of anilines is 1. The fourth-order valence-corrected chi connectivity index (χ4v) is 5.32. The van der Waals surface area contributed by atoms with Gasteiger partial charge in [0.1, 0.15) is 11.4 Å². The smallest absolute Gasteiger partial charge is 0.418 e. The lowest BCUT2D eigenvalue weighted by Gasteiger charge is -2.35. The summed E-state index contributed by atoms with van der Waals surface area (Å²) in [6.07, 6.45) is 2.87. The SMILES string of the molecule is COc1cc2nn(C3CCN(CC4CCNCC4)CC3)cc2cc1NC(=O)c1ncccc1C(F)(F)F. The summed E-state index contributed by atoms with van der Waals surface area (Å²) in [5, 5.41) is 11.5. The lowest BCUT2D eigenvalue weighted by Crippen LogP contribution is -2.40.